The van der Waals surface area contributed by atoms with Gasteiger partial charge in [0.25, 0.3) is 0 Å². The van der Waals surface area contributed by atoms with Crippen LogP contribution in [0.25, 0.3) is 11.0 Å². The number of benzene rings is 2. The van der Waals surface area contributed by atoms with Crippen LogP contribution in [0.5, 0.6) is 0 Å². The highest BCUT2D eigenvalue weighted by Crippen LogP contribution is 2.14. The van der Waals surface area contributed by atoms with Gasteiger partial charge in [-0.2, -0.15) is 0 Å². The summed E-state index contributed by atoms with van der Waals surface area (Å²) >= 11 is 0. The summed E-state index contributed by atoms with van der Waals surface area (Å²) in [6.07, 6.45) is 0. The van der Waals surface area contributed by atoms with Gasteiger partial charge in [0.05, 0.1) is 17.6 Å². The quantitative estimate of drug-likeness (QED) is 0.568. The molecule has 0 atom stereocenters. The molecule has 0 radical (unpaired) electrons. The SMILES string of the molecule is CN=C(NCc1ccc(F)c(C)c1)NCc1nc2ccccc2n1C. The van der Waals surface area contributed by atoms with Crippen LogP contribution in [-0.4, -0.2) is 22.6 Å². The molecule has 1 aromatic heterocycles. The van der Waals surface area contributed by atoms with Crippen LogP contribution in [0.3, 0.4) is 0 Å². The van der Waals surface area contributed by atoms with E-state index in [1.54, 1.807) is 20.0 Å². The van der Waals surface area contributed by atoms with E-state index >= 15 is 0 Å². The van der Waals surface area contributed by atoms with E-state index in [1.165, 1.54) is 6.07 Å². The highest BCUT2D eigenvalue weighted by molar-refractivity contribution is 5.80. The zero-order valence-electron chi connectivity index (χ0n) is 14.7. The highest BCUT2D eigenvalue weighted by atomic mass is 19.1. The summed E-state index contributed by atoms with van der Waals surface area (Å²) in [5.41, 5.74) is 3.72. The Balaban J connectivity index is 1.62. The Kier molecular flexibility index (Phi) is 4.97. The van der Waals surface area contributed by atoms with Crippen LogP contribution in [0.4, 0.5) is 4.39 Å². The van der Waals surface area contributed by atoms with Gasteiger partial charge in [0.2, 0.25) is 0 Å². The zero-order valence-corrected chi connectivity index (χ0v) is 14.7. The van der Waals surface area contributed by atoms with E-state index in [0.29, 0.717) is 24.6 Å². The van der Waals surface area contributed by atoms with E-state index in [4.69, 9.17) is 0 Å². The number of aromatic nitrogens is 2. The van der Waals surface area contributed by atoms with Crippen molar-refractivity contribution in [2.45, 2.75) is 20.0 Å². The summed E-state index contributed by atoms with van der Waals surface area (Å²) in [7, 11) is 3.73. The summed E-state index contributed by atoms with van der Waals surface area (Å²) in [5.74, 6) is 1.42. The lowest BCUT2D eigenvalue weighted by Gasteiger charge is -2.12. The number of nitrogens with zero attached hydrogens (tertiary/aromatic N) is 3. The van der Waals surface area contributed by atoms with Crippen molar-refractivity contribution >= 4 is 17.0 Å². The normalized spacial score (nSPS) is 11.8. The average molecular weight is 339 g/mol. The van der Waals surface area contributed by atoms with Gasteiger partial charge in [0.15, 0.2) is 5.96 Å². The first-order valence-electron chi connectivity index (χ1n) is 8.18. The first-order valence-corrected chi connectivity index (χ1v) is 8.18. The Bertz CT molecular complexity index is 913. The molecule has 1 heterocycles. The number of guanidine groups is 1. The molecule has 0 spiro atoms. The molecule has 130 valence electrons. The van der Waals surface area contributed by atoms with E-state index in [2.05, 4.69) is 31.2 Å². The topological polar surface area (TPSA) is 54.2 Å². The Morgan fingerprint density at radius 3 is 2.64 bits per heavy atom. The lowest BCUT2D eigenvalue weighted by Crippen LogP contribution is -2.36. The van der Waals surface area contributed by atoms with Crippen molar-refractivity contribution in [1.29, 1.82) is 0 Å². The third kappa shape index (κ3) is 3.79. The van der Waals surface area contributed by atoms with Gasteiger partial charge in [-0.1, -0.05) is 24.3 Å². The monoisotopic (exact) mass is 339 g/mol. The highest BCUT2D eigenvalue weighted by Gasteiger charge is 2.08. The van der Waals surface area contributed by atoms with E-state index < -0.39 is 0 Å². The number of nitrogens with one attached hydrogen (secondary N) is 2. The van der Waals surface area contributed by atoms with Crippen molar-refractivity contribution in [3.05, 3.63) is 65.2 Å². The van der Waals surface area contributed by atoms with Crippen LogP contribution in [0.2, 0.25) is 0 Å². The fourth-order valence-electron chi connectivity index (χ4n) is 2.74. The molecule has 0 fully saturated rings. The number of aliphatic imine (C=N–C) groups is 1. The Hall–Kier alpha value is -2.89. The predicted octanol–water partition coefficient (Wildman–Crippen LogP) is 2.89. The standard InChI is InChI=1S/C19H22FN5/c1-13-10-14(8-9-15(13)20)11-22-19(21-2)23-12-18-24-16-6-4-5-7-17(16)25(18)3/h4-10H,11-12H2,1-3H3,(H2,21,22,23). The molecular weight excluding hydrogens is 317 g/mol. The molecule has 0 amide bonds. The second-order valence-corrected chi connectivity index (χ2v) is 5.94. The molecular formula is C19H22FN5. The second kappa shape index (κ2) is 7.34. The van der Waals surface area contributed by atoms with Crippen molar-refractivity contribution in [3.63, 3.8) is 0 Å². The van der Waals surface area contributed by atoms with E-state index in [9.17, 15) is 4.39 Å². The molecule has 0 aliphatic heterocycles. The van der Waals surface area contributed by atoms with Crippen molar-refractivity contribution in [2.75, 3.05) is 7.05 Å². The number of hydrogen-bond donors (Lipinski definition) is 2. The van der Waals surface area contributed by atoms with E-state index in [1.807, 2.05) is 31.3 Å². The number of hydrogen-bond acceptors (Lipinski definition) is 2. The molecule has 3 aromatic rings. The molecule has 0 aliphatic rings. The van der Waals surface area contributed by atoms with Crippen LogP contribution < -0.4 is 10.6 Å². The van der Waals surface area contributed by atoms with Gasteiger partial charge in [0.1, 0.15) is 11.6 Å². The van der Waals surface area contributed by atoms with Crippen LogP contribution >= 0.6 is 0 Å². The molecule has 5 nitrogen and oxygen atoms in total. The van der Waals surface area contributed by atoms with Crippen molar-refractivity contribution < 1.29 is 4.39 Å². The predicted molar refractivity (Wildman–Crippen MR) is 98.9 cm³/mol. The number of para-hydroxylation sites is 2. The van der Waals surface area contributed by atoms with Crippen molar-refractivity contribution in [3.8, 4) is 0 Å². The maximum absolute atomic E-state index is 13.3. The first-order chi connectivity index (χ1) is 12.1. The Labute approximate surface area is 146 Å². The molecule has 2 aromatic carbocycles. The van der Waals surface area contributed by atoms with Gasteiger partial charge in [-0.3, -0.25) is 4.99 Å². The largest absolute Gasteiger partial charge is 0.352 e. The Morgan fingerprint density at radius 1 is 1.16 bits per heavy atom. The van der Waals surface area contributed by atoms with Crippen molar-refractivity contribution in [1.82, 2.24) is 20.2 Å². The molecule has 0 bridgehead atoms. The third-order valence-electron chi connectivity index (χ3n) is 4.20. The van der Waals surface area contributed by atoms with Gasteiger partial charge in [-0.25, -0.2) is 9.37 Å². The molecule has 0 unspecified atom stereocenters. The third-order valence-corrected chi connectivity index (χ3v) is 4.20. The summed E-state index contributed by atoms with van der Waals surface area (Å²) in [6.45, 7) is 2.90. The van der Waals surface area contributed by atoms with E-state index in [-0.39, 0.29) is 5.82 Å². The van der Waals surface area contributed by atoms with Crippen molar-refractivity contribution in [2.24, 2.45) is 12.0 Å². The minimum atomic E-state index is -0.187. The van der Waals surface area contributed by atoms with Crippen LogP contribution in [0, 0.1) is 12.7 Å². The van der Waals surface area contributed by atoms with Crippen LogP contribution in [-0.2, 0) is 20.1 Å². The summed E-state index contributed by atoms with van der Waals surface area (Å²) in [4.78, 5) is 8.86. The van der Waals surface area contributed by atoms with Gasteiger partial charge in [-0.15, -0.1) is 0 Å². The lowest BCUT2D eigenvalue weighted by atomic mass is 10.1. The number of imidazole rings is 1. The van der Waals surface area contributed by atoms with Gasteiger partial charge < -0.3 is 15.2 Å². The fourth-order valence-corrected chi connectivity index (χ4v) is 2.74. The van der Waals surface area contributed by atoms with Gasteiger partial charge in [-0.05, 0) is 36.2 Å². The fraction of sp³-hybridized carbons (Fsp3) is 0.263. The summed E-state index contributed by atoms with van der Waals surface area (Å²) < 4.78 is 15.4. The summed E-state index contributed by atoms with van der Waals surface area (Å²) in [5, 5.41) is 6.50. The minimum absolute atomic E-state index is 0.187. The van der Waals surface area contributed by atoms with Crippen LogP contribution in [0.15, 0.2) is 47.5 Å². The minimum Gasteiger partial charge on any atom is -0.352 e. The number of aryl methyl sites for hydroxylation is 2. The molecule has 3 rings (SSSR count). The number of fused-ring (bicyclic) bond motifs is 1. The zero-order chi connectivity index (χ0) is 17.8. The van der Waals surface area contributed by atoms with E-state index in [0.717, 1.165) is 22.4 Å². The number of rotatable bonds is 4. The molecule has 0 aliphatic carbocycles. The van der Waals surface area contributed by atoms with Crippen LogP contribution in [0.1, 0.15) is 17.0 Å². The van der Waals surface area contributed by atoms with Gasteiger partial charge >= 0.3 is 0 Å². The molecule has 0 saturated carbocycles. The molecule has 2 N–H and O–H groups in total. The van der Waals surface area contributed by atoms with Gasteiger partial charge in [0, 0.05) is 20.6 Å². The lowest BCUT2D eigenvalue weighted by molar-refractivity contribution is 0.617. The second-order valence-electron chi connectivity index (χ2n) is 5.94. The molecule has 0 saturated heterocycles. The first kappa shape index (κ1) is 17.0. The Morgan fingerprint density at radius 2 is 1.92 bits per heavy atom. The molecule has 25 heavy (non-hydrogen) atoms. The smallest absolute Gasteiger partial charge is 0.191 e. The maximum Gasteiger partial charge on any atom is 0.191 e. The maximum atomic E-state index is 13.3. The number of halogens is 1. The summed E-state index contributed by atoms with van der Waals surface area (Å²) in [6, 6.07) is 13.1. The average Bonchev–Trinajstić information content (AvgIpc) is 2.94. The molecule has 6 heteroatoms.